The largest absolute Gasteiger partial charge is 0.227 e. The molecule has 0 unspecified atom stereocenters. The Balaban J connectivity index is 2.68. The molecule has 0 aliphatic heterocycles. The van der Waals surface area contributed by atoms with Crippen LogP contribution in [0.2, 0.25) is 0 Å². The molecule has 0 aliphatic carbocycles. The van der Waals surface area contributed by atoms with Crippen LogP contribution in [0.15, 0.2) is 22.9 Å². The van der Waals surface area contributed by atoms with Crippen LogP contribution in [0.1, 0.15) is 19.0 Å². The zero-order chi connectivity index (χ0) is 10.8. The van der Waals surface area contributed by atoms with Crippen LogP contribution in [0.4, 0.5) is 4.39 Å². The van der Waals surface area contributed by atoms with Gasteiger partial charge in [0.2, 0.25) is 0 Å². The minimum absolute atomic E-state index is 0.268. The Morgan fingerprint density at radius 2 is 2.13 bits per heavy atom. The number of fused-ring (bicyclic) bond motifs is 1. The van der Waals surface area contributed by atoms with Gasteiger partial charge in [0.25, 0.3) is 0 Å². The van der Waals surface area contributed by atoms with E-state index in [-0.39, 0.29) is 5.82 Å². The third-order valence-electron chi connectivity index (χ3n) is 2.20. The summed E-state index contributed by atoms with van der Waals surface area (Å²) in [7, 11) is 0. The first kappa shape index (κ1) is 10.5. The average molecular weight is 269 g/mol. The highest BCUT2D eigenvalue weighted by Crippen LogP contribution is 2.20. The van der Waals surface area contributed by atoms with Gasteiger partial charge in [-0.2, -0.15) is 0 Å². The zero-order valence-electron chi connectivity index (χ0n) is 8.30. The molecule has 0 saturated heterocycles. The van der Waals surface area contributed by atoms with E-state index in [9.17, 15) is 4.39 Å². The number of aryl methyl sites for hydroxylation is 1. The van der Waals surface area contributed by atoms with E-state index in [1.54, 1.807) is 6.07 Å². The predicted octanol–water partition coefficient (Wildman–Crippen LogP) is 3.48. The lowest BCUT2D eigenvalue weighted by Gasteiger charge is -2.04. The minimum atomic E-state index is -0.268. The van der Waals surface area contributed by atoms with Crippen LogP contribution >= 0.6 is 15.9 Å². The Labute approximate surface area is 95.7 Å². The maximum Gasteiger partial charge on any atom is 0.197 e. The van der Waals surface area contributed by atoms with Crippen molar-refractivity contribution in [2.45, 2.75) is 19.8 Å². The van der Waals surface area contributed by atoms with Gasteiger partial charge in [-0.05, 0) is 34.5 Å². The summed E-state index contributed by atoms with van der Waals surface area (Å²) in [5, 5.41) is 0.932. The summed E-state index contributed by atoms with van der Waals surface area (Å²) >= 11 is 3.23. The molecular formula is C11H10BrFN2. The van der Waals surface area contributed by atoms with E-state index in [0.29, 0.717) is 10.3 Å². The van der Waals surface area contributed by atoms with Crippen LogP contribution in [-0.4, -0.2) is 9.97 Å². The zero-order valence-corrected chi connectivity index (χ0v) is 9.88. The number of benzene rings is 1. The predicted molar refractivity (Wildman–Crippen MR) is 61.2 cm³/mol. The van der Waals surface area contributed by atoms with Gasteiger partial charge in [0.1, 0.15) is 5.82 Å². The highest BCUT2D eigenvalue weighted by Gasteiger charge is 2.06. The van der Waals surface area contributed by atoms with E-state index in [2.05, 4.69) is 32.8 Å². The average Bonchev–Trinajstić information content (AvgIpc) is 2.17. The molecule has 1 aromatic heterocycles. The van der Waals surface area contributed by atoms with E-state index in [1.165, 1.54) is 12.1 Å². The molecule has 2 nitrogen and oxygen atoms in total. The van der Waals surface area contributed by atoms with Gasteiger partial charge in [0.15, 0.2) is 4.73 Å². The first-order valence-corrected chi connectivity index (χ1v) is 5.61. The van der Waals surface area contributed by atoms with E-state index in [0.717, 1.165) is 23.9 Å². The van der Waals surface area contributed by atoms with E-state index >= 15 is 0 Å². The first-order chi connectivity index (χ1) is 7.20. The molecule has 0 N–H and O–H groups in total. The number of nitrogens with zero attached hydrogens (tertiary/aromatic N) is 2. The monoisotopic (exact) mass is 268 g/mol. The van der Waals surface area contributed by atoms with Gasteiger partial charge in [-0.15, -0.1) is 0 Å². The molecule has 78 valence electrons. The van der Waals surface area contributed by atoms with Crippen molar-refractivity contribution in [2.75, 3.05) is 0 Å². The molecule has 0 atom stereocenters. The van der Waals surface area contributed by atoms with Crippen molar-refractivity contribution < 1.29 is 4.39 Å². The van der Waals surface area contributed by atoms with Crippen LogP contribution in [0.3, 0.4) is 0 Å². The Bertz CT molecular complexity index is 494. The third kappa shape index (κ3) is 2.15. The number of hydrogen-bond donors (Lipinski definition) is 0. The second-order valence-corrected chi connectivity index (χ2v) is 4.06. The van der Waals surface area contributed by atoms with Crippen molar-refractivity contribution in [1.82, 2.24) is 9.97 Å². The van der Waals surface area contributed by atoms with Gasteiger partial charge in [0, 0.05) is 11.5 Å². The van der Waals surface area contributed by atoms with Crippen molar-refractivity contribution in [3.8, 4) is 0 Å². The second kappa shape index (κ2) is 4.23. The van der Waals surface area contributed by atoms with E-state index < -0.39 is 0 Å². The number of rotatable bonds is 2. The van der Waals surface area contributed by atoms with Crippen molar-refractivity contribution in [3.63, 3.8) is 0 Å². The van der Waals surface area contributed by atoms with Gasteiger partial charge >= 0.3 is 0 Å². The van der Waals surface area contributed by atoms with E-state index in [4.69, 9.17) is 0 Å². The summed E-state index contributed by atoms with van der Waals surface area (Å²) in [4.78, 5) is 8.45. The lowest BCUT2D eigenvalue weighted by Crippen LogP contribution is -1.95. The molecule has 0 aliphatic rings. The number of halogens is 2. The van der Waals surface area contributed by atoms with Crippen LogP contribution in [-0.2, 0) is 6.42 Å². The summed E-state index contributed by atoms with van der Waals surface area (Å²) < 4.78 is 13.5. The molecule has 2 aromatic rings. The smallest absolute Gasteiger partial charge is 0.197 e. The SMILES string of the molecule is CCCc1nc(Br)nc2cc(F)ccc12. The number of hydrogen-bond acceptors (Lipinski definition) is 2. The fourth-order valence-electron chi connectivity index (χ4n) is 1.56. The Morgan fingerprint density at radius 1 is 1.33 bits per heavy atom. The molecule has 0 fully saturated rings. The third-order valence-corrected chi connectivity index (χ3v) is 2.55. The fourth-order valence-corrected chi connectivity index (χ4v) is 1.97. The van der Waals surface area contributed by atoms with Gasteiger partial charge < -0.3 is 0 Å². The molecule has 4 heteroatoms. The fraction of sp³-hybridized carbons (Fsp3) is 0.273. The summed E-state index contributed by atoms with van der Waals surface area (Å²) in [6.07, 6.45) is 1.89. The maximum absolute atomic E-state index is 13.0. The molecule has 1 aromatic carbocycles. The van der Waals surface area contributed by atoms with Crippen LogP contribution < -0.4 is 0 Å². The maximum atomic E-state index is 13.0. The second-order valence-electron chi connectivity index (χ2n) is 3.35. The quantitative estimate of drug-likeness (QED) is 0.780. The van der Waals surface area contributed by atoms with Crippen LogP contribution in [0.25, 0.3) is 10.9 Å². The molecule has 0 amide bonds. The molecule has 0 spiro atoms. The minimum Gasteiger partial charge on any atom is -0.227 e. The Kier molecular flexibility index (Phi) is 2.95. The van der Waals surface area contributed by atoms with Crippen molar-refractivity contribution in [2.24, 2.45) is 0 Å². The van der Waals surface area contributed by atoms with Gasteiger partial charge in [0.05, 0.1) is 11.2 Å². The topological polar surface area (TPSA) is 25.8 Å². The Morgan fingerprint density at radius 3 is 2.87 bits per heavy atom. The van der Waals surface area contributed by atoms with Crippen molar-refractivity contribution in [3.05, 3.63) is 34.4 Å². The molecule has 0 saturated carbocycles. The summed E-state index contributed by atoms with van der Waals surface area (Å²) in [5.41, 5.74) is 1.62. The summed E-state index contributed by atoms with van der Waals surface area (Å²) in [5.74, 6) is -0.268. The van der Waals surface area contributed by atoms with Gasteiger partial charge in [-0.3, -0.25) is 0 Å². The standard InChI is InChI=1S/C11H10BrFN2/c1-2-3-9-8-5-4-7(13)6-10(8)15-11(12)14-9/h4-6H,2-3H2,1H3. The highest BCUT2D eigenvalue weighted by atomic mass is 79.9. The van der Waals surface area contributed by atoms with Crippen molar-refractivity contribution >= 4 is 26.8 Å². The highest BCUT2D eigenvalue weighted by molar-refractivity contribution is 9.10. The van der Waals surface area contributed by atoms with Crippen LogP contribution in [0, 0.1) is 5.82 Å². The molecule has 15 heavy (non-hydrogen) atoms. The lowest BCUT2D eigenvalue weighted by molar-refractivity contribution is 0.629. The summed E-state index contributed by atoms with van der Waals surface area (Å²) in [6, 6.07) is 4.61. The Hall–Kier alpha value is -1.03. The van der Waals surface area contributed by atoms with Gasteiger partial charge in [-0.1, -0.05) is 13.3 Å². The number of aromatic nitrogens is 2. The lowest BCUT2D eigenvalue weighted by atomic mass is 10.1. The summed E-state index contributed by atoms with van der Waals surface area (Å²) in [6.45, 7) is 2.09. The molecule has 2 rings (SSSR count). The normalized spacial score (nSPS) is 10.9. The molecule has 1 heterocycles. The molecule has 0 radical (unpaired) electrons. The van der Waals surface area contributed by atoms with Crippen LogP contribution in [0.5, 0.6) is 0 Å². The first-order valence-electron chi connectivity index (χ1n) is 4.82. The van der Waals surface area contributed by atoms with E-state index in [1.807, 2.05) is 0 Å². The molecule has 0 bridgehead atoms. The van der Waals surface area contributed by atoms with Gasteiger partial charge in [-0.25, -0.2) is 14.4 Å². The van der Waals surface area contributed by atoms with Crippen molar-refractivity contribution in [1.29, 1.82) is 0 Å². The molecular weight excluding hydrogens is 259 g/mol.